The van der Waals surface area contributed by atoms with Crippen molar-refractivity contribution in [2.75, 3.05) is 12.9 Å². The standard InChI is InChI=1S/C12H17NO3S2/c1-8-4-5-17-10(8)6-13-11(14)7-18-9(2)12(15)16-3/h4-5,9H,6-7H2,1-3H3,(H,13,14). The van der Waals surface area contributed by atoms with E-state index in [0.717, 1.165) is 4.88 Å². The van der Waals surface area contributed by atoms with Crippen LogP contribution in [0.15, 0.2) is 11.4 Å². The lowest BCUT2D eigenvalue weighted by Crippen LogP contribution is -2.26. The van der Waals surface area contributed by atoms with Crippen LogP contribution in [-0.2, 0) is 20.9 Å². The van der Waals surface area contributed by atoms with Crippen LogP contribution >= 0.6 is 23.1 Å². The summed E-state index contributed by atoms with van der Waals surface area (Å²) in [4.78, 5) is 23.9. The summed E-state index contributed by atoms with van der Waals surface area (Å²) in [7, 11) is 1.35. The van der Waals surface area contributed by atoms with Gasteiger partial charge < -0.3 is 10.1 Å². The summed E-state index contributed by atoms with van der Waals surface area (Å²) in [6.07, 6.45) is 0. The molecule has 4 nitrogen and oxygen atoms in total. The third-order valence-corrected chi connectivity index (χ3v) is 4.56. The summed E-state index contributed by atoms with van der Waals surface area (Å²) in [5, 5.41) is 4.53. The summed E-state index contributed by atoms with van der Waals surface area (Å²) in [5.74, 6) is -0.105. The van der Waals surface area contributed by atoms with Gasteiger partial charge in [-0.1, -0.05) is 0 Å². The monoisotopic (exact) mass is 287 g/mol. The van der Waals surface area contributed by atoms with E-state index in [1.807, 2.05) is 18.4 Å². The van der Waals surface area contributed by atoms with E-state index in [2.05, 4.69) is 10.1 Å². The number of thioether (sulfide) groups is 1. The Morgan fingerprint density at radius 3 is 2.83 bits per heavy atom. The first kappa shape index (κ1) is 15.0. The number of carbonyl (C=O) groups is 2. The molecule has 0 aliphatic heterocycles. The number of nitrogens with one attached hydrogen (secondary N) is 1. The normalized spacial score (nSPS) is 11.9. The number of thiophene rings is 1. The van der Waals surface area contributed by atoms with Gasteiger partial charge in [-0.2, -0.15) is 0 Å². The molecule has 0 fully saturated rings. The van der Waals surface area contributed by atoms with Gasteiger partial charge in [-0.05, 0) is 30.9 Å². The van der Waals surface area contributed by atoms with E-state index in [0.29, 0.717) is 6.54 Å². The molecule has 0 radical (unpaired) electrons. The third kappa shape index (κ3) is 4.70. The van der Waals surface area contributed by atoms with Gasteiger partial charge in [-0.15, -0.1) is 23.1 Å². The number of hydrogen-bond acceptors (Lipinski definition) is 5. The Balaban J connectivity index is 2.26. The van der Waals surface area contributed by atoms with Crippen LogP contribution in [0.4, 0.5) is 0 Å². The zero-order valence-corrected chi connectivity index (χ0v) is 12.3. The minimum atomic E-state index is -0.316. The number of rotatable bonds is 6. The predicted molar refractivity (Wildman–Crippen MR) is 74.8 cm³/mol. The van der Waals surface area contributed by atoms with E-state index < -0.39 is 0 Å². The molecule has 0 aromatic carbocycles. The molecule has 18 heavy (non-hydrogen) atoms. The van der Waals surface area contributed by atoms with Crippen LogP contribution in [0.3, 0.4) is 0 Å². The van der Waals surface area contributed by atoms with Gasteiger partial charge in [-0.3, -0.25) is 9.59 Å². The van der Waals surface area contributed by atoms with Crippen molar-refractivity contribution < 1.29 is 14.3 Å². The molecule has 6 heteroatoms. The Labute approximate surface area is 115 Å². The van der Waals surface area contributed by atoms with Crippen LogP contribution < -0.4 is 5.32 Å². The molecular weight excluding hydrogens is 270 g/mol. The summed E-state index contributed by atoms with van der Waals surface area (Å²) >= 11 is 2.90. The molecule has 1 N–H and O–H groups in total. The molecule has 0 saturated carbocycles. The second kappa shape index (κ2) is 7.43. The van der Waals surface area contributed by atoms with Gasteiger partial charge in [0.1, 0.15) is 5.25 Å². The van der Waals surface area contributed by atoms with Crippen LogP contribution in [0.2, 0.25) is 0 Å². The van der Waals surface area contributed by atoms with E-state index in [1.165, 1.54) is 24.4 Å². The number of amides is 1. The highest BCUT2D eigenvalue weighted by molar-refractivity contribution is 8.01. The van der Waals surface area contributed by atoms with Gasteiger partial charge in [0.15, 0.2) is 0 Å². The molecular formula is C12H17NO3S2. The Kier molecular flexibility index (Phi) is 6.21. The van der Waals surface area contributed by atoms with Crippen LogP contribution in [0.25, 0.3) is 0 Å². The molecule has 1 atom stereocenters. The zero-order valence-electron chi connectivity index (χ0n) is 10.7. The van der Waals surface area contributed by atoms with Crippen molar-refractivity contribution in [1.82, 2.24) is 5.32 Å². The smallest absolute Gasteiger partial charge is 0.318 e. The SMILES string of the molecule is COC(=O)C(C)SCC(=O)NCc1sccc1C. The highest BCUT2D eigenvalue weighted by atomic mass is 32.2. The lowest BCUT2D eigenvalue weighted by atomic mass is 10.3. The minimum Gasteiger partial charge on any atom is -0.468 e. The summed E-state index contributed by atoms with van der Waals surface area (Å²) in [5.41, 5.74) is 1.19. The fourth-order valence-electron chi connectivity index (χ4n) is 1.25. The highest BCUT2D eigenvalue weighted by Gasteiger charge is 2.15. The maximum absolute atomic E-state index is 11.6. The van der Waals surface area contributed by atoms with Gasteiger partial charge in [0.05, 0.1) is 19.4 Å². The van der Waals surface area contributed by atoms with Crippen molar-refractivity contribution >= 4 is 35.0 Å². The first-order valence-electron chi connectivity index (χ1n) is 5.53. The van der Waals surface area contributed by atoms with E-state index in [4.69, 9.17) is 0 Å². The quantitative estimate of drug-likeness (QED) is 0.813. The Morgan fingerprint density at radius 1 is 1.56 bits per heavy atom. The highest BCUT2D eigenvalue weighted by Crippen LogP contribution is 2.15. The minimum absolute atomic E-state index is 0.0662. The Bertz CT molecular complexity index is 417. The fraction of sp³-hybridized carbons (Fsp3) is 0.500. The predicted octanol–water partition coefficient (Wildman–Crippen LogP) is 1.97. The molecule has 1 heterocycles. The van der Waals surface area contributed by atoms with E-state index in [9.17, 15) is 9.59 Å². The topological polar surface area (TPSA) is 55.4 Å². The Morgan fingerprint density at radius 2 is 2.28 bits per heavy atom. The van der Waals surface area contributed by atoms with Crippen molar-refractivity contribution in [3.8, 4) is 0 Å². The van der Waals surface area contributed by atoms with Gasteiger partial charge in [-0.25, -0.2) is 0 Å². The number of carbonyl (C=O) groups excluding carboxylic acids is 2. The average molecular weight is 287 g/mol. The molecule has 0 aliphatic rings. The van der Waals surface area contributed by atoms with Crippen molar-refractivity contribution in [2.45, 2.75) is 25.6 Å². The molecule has 100 valence electrons. The molecule has 1 unspecified atom stereocenters. The molecule has 1 rings (SSSR count). The van der Waals surface area contributed by atoms with Gasteiger partial charge >= 0.3 is 5.97 Å². The van der Waals surface area contributed by atoms with Crippen molar-refractivity contribution in [3.63, 3.8) is 0 Å². The van der Waals surface area contributed by atoms with Crippen LogP contribution in [0.1, 0.15) is 17.4 Å². The second-order valence-electron chi connectivity index (χ2n) is 3.78. The summed E-state index contributed by atoms with van der Waals surface area (Å²) < 4.78 is 4.59. The average Bonchev–Trinajstić information content (AvgIpc) is 2.77. The van der Waals surface area contributed by atoms with Crippen molar-refractivity contribution in [2.24, 2.45) is 0 Å². The van der Waals surface area contributed by atoms with Gasteiger partial charge in [0.25, 0.3) is 0 Å². The number of ether oxygens (including phenoxy) is 1. The molecule has 0 bridgehead atoms. The summed E-state index contributed by atoms with van der Waals surface area (Å²) in [6.45, 7) is 4.30. The second-order valence-corrected chi connectivity index (χ2v) is 6.11. The molecule has 1 amide bonds. The lowest BCUT2D eigenvalue weighted by molar-refractivity contribution is -0.139. The number of esters is 1. The zero-order chi connectivity index (χ0) is 13.5. The van der Waals surface area contributed by atoms with Crippen LogP contribution in [0, 0.1) is 6.92 Å². The first-order valence-corrected chi connectivity index (χ1v) is 7.46. The van der Waals surface area contributed by atoms with Gasteiger partial charge in [0, 0.05) is 4.88 Å². The van der Waals surface area contributed by atoms with Crippen molar-refractivity contribution in [3.05, 3.63) is 21.9 Å². The fourth-order valence-corrected chi connectivity index (χ4v) is 2.83. The largest absolute Gasteiger partial charge is 0.468 e. The number of hydrogen-bond donors (Lipinski definition) is 1. The summed E-state index contributed by atoms with van der Waals surface area (Å²) in [6, 6.07) is 2.03. The molecule has 0 aliphatic carbocycles. The number of methoxy groups -OCH3 is 1. The molecule has 1 aromatic rings. The lowest BCUT2D eigenvalue weighted by Gasteiger charge is -2.09. The number of aryl methyl sites for hydroxylation is 1. The van der Waals surface area contributed by atoms with Crippen LogP contribution in [-0.4, -0.2) is 30.0 Å². The molecule has 0 spiro atoms. The molecule has 1 aromatic heterocycles. The van der Waals surface area contributed by atoms with Gasteiger partial charge in [0.2, 0.25) is 5.91 Å². The Hall–Kier alpha value is -1.01. The maximum atomic E-state index is 11.6. The third-order valence-electron chi connectivity index (χ3n) is 2.41. The van der Waals surface area contributed by atoms with E-state index in [-0.39, 0.29) is 22.9 Å². The van der Waals surface area contributed by atoms with Crippen LogP contribution in [0.5, 0.6) is 0 Å². The maximum Gasteiger partial charge on any atom is 0.318 e. The molecule has 0 saturated heterocycles. The van der Waals surface area contributed by atoms with E-state index >= 15 is 0 Å². The van der Waals surface area contributed by atoms with Crippen molar-refractivity contribution in [1.29, 1.82) is 0 Å². The first-order chi connectivity index (χ1) is 8.54. The van der Waals surface area contributed by atoms with E-state index in [1.54, 1.807) is 18.3 Å².